The number of para-hydroxylation sites is 2. The molecule has 0 fully saturated rings. The minimum atomic E-state index is -1.03. The monoisotopic (exact) mass is 260 g/mol. The van der Waals surface area contributed by atoms with Crippen LogP contribution in [0.25, 0.3) is 0 Å². The average Bonchev–Trinajstić information content (AvgIpc) is 2.34. The van der Waals surface area contributed by atoms with E-state index in [1.54, 1.807) is 18.2 Å². The van der Waals surface area contributed by atoms with Crippen molar-refractivity contribution in [2.75, 3.05) is 0 Å². The van der Waals surface area contributed by atoms with Crippen LogP contribution in [0.15, 0.2) is 42.5 Å². The van der Waals surface area contributed by atoms with E-state index in [0.717, 1.165) is 0 Å². The number of rotatable bonds is 4. The third kappa shape index (κ3) is 3.16. The second-order valence-electron chi connectivity index (χ2n) is 3.93. The largest absolute Gasteiger partial charge is 0.508 e. The lowest BCUT2D eigenvalue weighted by Gasteiger charge is -2.11. The van der Waals surface area contributed by atoms with E-state index in [2.05, 4.69) is 0 Å². The number of hydrogen-bond donors (Lipinski definition) is 3. The Labute approximate surface area is 109 Å². The molecule has 5 heteroatoms. The molecule has 19 heavy (non-hydrogen) atoms. The average molecular weight is 260 g/mol. The first-order chi connectivity index (χ1) is 9.06. The van der Waals surface area contributed by atoms with Gasteiger partial charge in [-0.1, -0.05) is 12.1 Å². The third-order valence-electron chi connectivity index (χ3n) is 2.47. The molecule has 0 unspecified atom stereocenters. The SMILES string of the molecule is O=C(O)Cc1cc(O)ccc1Oc1ccccc1O. The molecule has 98 valence electrons. The first-order valence-electron chi connectivity index (χ1n) is 5.56. The molecule has 0 aromatic heterocycles. The zero-order chi connectivity index (χ0) is 13.8. The van der Waals surface area contributed by atoms with Gasteiger partial charge in [-0.3, -0.25) is 4.79 Å². The van der Waals surface area contributed by atoms with Crippen LogP contribution >= 0.6 is 0 Å². The lowest BCUT2D eigenvalue weighted by molar-refractivity contribution is -0.136. The fourth-order valence-electron chi connectivity index (χ4n) is 1.63. The van der Waals surface area contributed by atoms with Gasteiger partial charge in [-0.25, -0.2) is 0 Å². The topological polar surface area (TPSA) is 87.0 Å². The van der Waals surface area contributed by atoms with Gasteiger partial charge >= 0.3 is 5.97 Å². The molecule has 0 radical (unpaired) electrons. The lowest BCUT2D eigenvalue weighted by atomic mass is 10.1. The number of phenolic OH excluding ortho intramolecular Hbond substituents is 2. The molecule has 2 aromatic rings. The summed E-state index contributed by atoms with van der Waals surface area (Å²) in [4.78, 5) is 10.8. The van der Waals surface area contributed by atoms with Crippen LogP contribution in [0.3, 0.4) is 0 Å². The molecule has 0 bridgehead atoms. The van der Waals surface area contributed by atoms with Crippen molar-refractivity contribution in [2.45, 2.75) is 6.42 Å². The van der Waals surface area contributed by atoms with Crippen LogP contribution in [-0.4, -0.2) is 21.3 Å². The minimum absolute atomic E-state index is 0.0408. The van der Waals surface area contributed by atoms with Crippen molar-refractivity contribution in [3.63, 3.8) is 0 Å². The number of phenols is 2. The zero-order valence-corrected chi connectivity index (χ0v) is 9.91. The normalized spacial score (nSPS) is 10.1. The Morgan fingerprint density at radius 1 is 1.05 bits per heavy atom. The Morgan fingerprint density at radius 2 is 1.79 bits per heavy atom. The van der Waals surface area contributed by atoms with Crippen LogP contribution < -0.4 is 4.74 Å². The van der Waals surface area contributed by atoms with Gasteiger partial charge in [0.2, 0.25) is 0 Å². The number of hydrogen-bond acceptors (Lipinski definition) is 4. The highest BCUT2D eigenvalue weighted by Gasteiger charge is 2.11. The number of carboxylic acids is 1. The molecule has 0 saturated carbocycles. The molecule has 0 heterocycles. The number of carboxylic acid groups (broad SMARTS) is 1. The van der Waals surface area contributed by atoms with Crippen molar-refractivity contribution in [1.82, 2.24) is 0 Å². The first-order valence-corrected chi connectivity index (χ1v) is 5.56. The Balaban J connectivity index is 2.34. The number of aliphatic carboxylic acids is 1. The summed E-state index contributed by atoms with van der Waals surface area (Å²) in [5.74, 6) is -0.619. The van der Waals surface area contributed by atoms with Gasteiger partial charge in [0.25, 0.3) is 0 Å². The molecule has 0 aliphatic carbocycles. The Kier molecular flexibility index (Phi) is 3.56. The van der Waals surface area contributed by atoms with Crippen molar-refractivity contribution < 1.29 is 24.9 Å². The summed E-state index contributed by atoms with van der Waals surface area (Å²) in [6.07, 6.45) is -0.280. The molecule has 5 nitrogen and oxygen atoms in total. The van der Waals surface area contributed by atoms with E-state index in [1.807, 2.05) is 0 Å². The number of aromatic hydroxyl groups is 2. The highest BCUT2D eigenvalue weighted by atomic mass is 16.5. The van der Waals surface area contributed by atoms with Gasteiger partial charge in [-0.15, -0.1) is 0 Å². The fraction of sp³-hybridized carbons (Fsp3) is 0.0714. The van der Waals surface area contributed by atoms with Gasteiger partial charge in [0.15, 0.2) is 11.5 Å². The predicted molar refractivity (Wildman–Crippen MR) is 67.6 cm³/mol. The van der Waals surface area contributed by atoms with Gasteiger partial charge in [-0.2, -0.15) is 0 Å². The summed E-state index contributed by atoms with van der Waals surface area (Å²) in [6, 6.07) is 10.5. The summed E-state index contributed by atoms with van der Waals surface area (Å²) in [5.41, 5.74) is 0.329. The van der Waals surface area contributed by atoms with Crippen LogP contribution in [0.4, 0.5) is 0 Å². The first kappa shape index (κ1) is 12.8. The molecule has 0 saturated heterocycles. The minimum Gasteiger partial charge on any atom is -0.508 e. The maximum absolute atomic E-state index is 10.8. The fourth-order valence-corrected chi connectivity index (χ4v) is 1.63. The smallest absolute Gasteiger partial charge is 0.307 e. The van der Waals surface area contributed by atoms with Crippen molar-refractivity contribution in [3.8, 4) is 23.0 Å². The number of carbonyl (C=O) groups is 1. The van der Waals surface area contributed by atoms with E-state index >= 15 is 0 Å². The maximum Gasteiger partial charge on any atom is 0.307 e. The van der Waals surface area contributed by atoms with Gasteiger partial charge < -0.3 is 20.1 Å². The molecule has 0 amide bonds. The van der Waals surface area contributed by atoms with E-state index in [1.165, 1.54) is 24.3 Å². The predicted octanol–water partition coefficient (Wildman–Crippen LogP) is 2.52. The number of ether oxygens (including phenoxy) is 1. The standard InChI is InChI=1S/C14H12O5/c15-10-5-6-12(9(7-10)8-14(17)18)19-13-4-2-1-3-11(13)16/h1-7,15-16H,8H2,(H,17,18). The maximum atomic E-state index is 10.8. The van der Waals surface area contributed by atoms with Gasteiger partial charge in [0.05, 0.1) is 6.42 Å². The Hall–Kier alpha value is -2.69. The second-order valence-corrected chi connectivity index (χ2v) is 3.93. The van der Waals surface area contributed by atoms with Crippen LogP contribution in [-0.2, 0) is 11.2 Å². The molecule has 0 aliphatic heterocycles. The van der Waals surface area contributed by atoms with E-state index < -0.39 is 5.97 Å². The number of benzene rings is 2. The van der Waals surface area contributed by atoms with Crippen LogP contribution in [0.1, 0.15) is 5.56 Å². The van der Waals surface area contributed by atoms with Crippen LogP contribution in [0.5, 0.6) is 23.0 Å². The Morgan fingerprint density at radius 3 is 2.47 bits per heavy atom. The molecule has 2 aromatic carbocycles. The van der Waals surface area contributed by atoms with E-state index in [9.17, 15) is 15.0 Å². The molecule has 0 spiro atoms. The Bertz CT molecular complexity index is 607. The highest BCUT2D eigenvalue weighted by Crippen LogP contribution is 2.33. The zero-order valence-electron chi connectivity index (χ0n) is 9.91. The van der Waals surface area contributed by atoms with Gasteiger partial charge in [-0.05, 0) is 30.3 Å². The van der Waals surface area contributed by atoms with Gasteiger partial charge in [0.1, 0.15) is 11.5 Å². The molecule has 2 rings (SSSR count). The molecule has 0 aliphatic rings. The highest BCUT2D eigenvalue weighted by molar-refractivity contribution is 5.71. The van der Waals surface area contributed by atoms with Crippen molar-refractivity contribution in [1.29, 1.82) is 0 Å². The summed E-state index contributed by atoms with van der Waals surface area (Å²) in [6.45, 7) is 0. The molecule has 0 atom stereocenters. The van der Waals surface area contributed by atoms with E-state index in [4.69, 9.17) is 9.84 Å². The quantitative estimate of drug-likeness (QED) is 0.786. The van der Waals surface area contributed by atoms with Crippen molar-refractivity contribution in [2.24, 2.45) is 0 Å². The lowest BCUT2D eigenvalue weighted by Crippen LogP contribution is -2.02. The van der Waals surface area contributed by atoms with Crippen molar-refractivity contribution >= 4 is 5.97 Å². The molecular weight excluding hydrogens is 248 g/mol. The van der Waals surface area contributed by atoms with Gasteiger partial charge in [0, 0.05) is 5.56 Å². The van der Waals surface area contributed by atoms with Crippen LogP contribution in [0, 0.1) is 0 Å². The third-order valence-corrected chi connectivity index (χ3v) is 2.47. The summed E-state index contributed by atoms with van der Waals surface area (Å²) >= 11 is 0. The van der Waals surface area contributed by atoms with E-state index in [0.29, 0.717) is 5.56 Å². The molecular formula is C14H12O5. The summed E-state index contributed by atoms with van der Waals surface area (Å²) in [5, 5.41) is 27.8. The molecule has 3 N–H and O–H groups in total. The van der Waals surface area contributed by atoms with Crippen LogP contribution in [0.2, 0.25) is 0 Å². The summed E-state index contributed by atoms with van der Waals surface area (Å²) < 4.78 is 5.47. The second kappa shape index (κ2) is 5.30. The van der Waals surface area contributed by atoms with E-state index in [-0.39, 0.29) is 29.4 Å². The van der Waals surface area contributed by atoms with Crippen molar-refractivity contribution in [3.05, 3.63) is 48.0 Å². The summed E-state index contributed by atoms with van der Waals surface area (Å²) in [7, 11) is 0.